The van der Waals surface area contributed by atoms with Gasteiger partial charge in [0, 0.05) is 12.8 Å². The second-order valence-electron chi connectivity index (χ2n) is 4.36. The maximum atomic E-state index is 11.5. The zero-order chi connectivity index (χ0) is 10.9. The Morgan fingerprint density at radius 3 is 2.73 bits per heavy atom. The predicted molar refractivity (Wildman–Crippen MR) is 58.7 cm³/mol. The minimum Gasteiger partial charge on any atom is -0.370 e. The molecule has 0 N–H and O–H groups in total. The van der Waals surface area contributed by atoms with E-state index in [0.717, 1.165) is 5.56 Å². The standard InChI is InChI=1S/C13H16O2/c1-10-5-3-4-6-12(10)13(2)9-11(14)7-8-15-13/h3-6H,7-9H2,1-2H3. The van der Waals surface area contributed by atoms with E-state index in [2.05, 4.69) is 13.0 Å². The van der Waals surface area contributed by atoms with Crippen molar-refractivity contribution in [2.24, 2.45) is 0 Å². The van der Waals surface area contributed by atoms with E-state index in [1.54, 1.807) is 0 Å². The molecule has 1 aliphatic heterocycles. The molecule has 1 fully saturated rings. The zero-order valence-corrected chi connectivity index (χ0v) is 9.25. The number of ether oxygens (including phenoxy) is 1. The maximum Gasteiger partial charge on any atom is 0.138 e. The average molecular weight is 204 g/mol. The van der Waals surface area contributed by atoms with Gasteiger partial charge in [0.1, 0.15) is 5.78 Å². The number of benzene rings is 1. The molecule has 0 amide bonds. The Balaban J connectivity index is 2.36. The molecule has 0 aliphatic carbocycles. The highest BCUT2D eigenvalue weighted by molar-refractivity contribution is 5.80. The van der Waals surface area contributed by atoms with E-state index < -0.39 is 5.60 Å². The van der Waals surface area contributed by atoms with E-state index in [0.29, 0.717) is 25.2 Å². The molecule has 0 radical (unpaired) electrons. The van der Waals surface area contributed by atoms with Crippen LogP contribution in [0.3, 0.4) is 0 Å². The Hall–Kier alpha value is -1.15. The van der Waals surface area contributed by atoms with Crippen LogP contribution in [-0.2, 0) is 15.1 Å². The third-order valence-corrected chi connectivity index (χ3v) is 3.05. The van der Waals surface area contributed by atoms with Crippen LogP contribution in [0.15, 0.2) is 24.3 Å². The molecule has 1 aliphatic rings. The SMILES string of the molecule is Cc1ccccc1C1(C)CC(=O)CCO1. The second kappa shape index (κ2) is 3.78. The fraction of sp³-hybridized carbons (Fsp3) is 0.462. The van der Waals surface area contributed by atoms with Gasteiger partial charge < -0.3 is 4.74 Å². The third kappa shape index (κ3) is 1.95. The van der Waals surface area contributed by atoms with Gasteiger partial charge in [-0.1, -0.05) is 24.3 Å². The van der Waals surface area contributed by atoms with Crippen molar-refractivity contribution in [2.45, 2.75) is 32.3 Å². The molecule has 1 atom stereocenters. The number of hydrogen-bond acceptors (Lipinski definition) is 2. The molecule has 0 saturated carbocycles. The summed E-state index contributed by atoms with van der Waals surface area (Å²) in [5.41, 5.74) is 1.91. The van der Waals surface area contributed by atoms with Gasteiger partial charge in [-0.15, -0.1) is 0 Å². The van der Waals surface area contributed by atoms with Crippen LogP contribution in [0.25, 0.3) is 0 Å². The van der Waals surface area contributed by atoms with E-state index in [1.807, 2.05) is 25.1 Å². The van der Waals surface area contributed by atoms with Gasteiger partial charge in [0.15, 0.2) is 0 Å². The van der Waals surface area contributed by atoms with Gasteiger partial charge in [-0.2, -0.15) is 0 Å². The monoisotopic (exact) mass is 204 g/mol. The van der Waals surface area contributed by atoms with Crippen molar-refractivity contribution in [3.05, 3.63) is 35.4 Å². The lowest BCUT2D eigenvalue weighted by Crippen LogP contribution is -2.35. The molecule has 0 bridgehead atoms. The number of Topliss-reactive ketones (excluding diaryl/α,β-unsaturated/α-hetero) is 1. The van der Waals surface area contributed by atoms with E-state index in [4.69, 9.17) is 4.74 Å². The summed E-state index contributed by atoms with van der Waals surface area (Å²) in [6.07, 6.45) is 1.05. The fourth-order valence-electron chi connectivity index (χ4n) is 2.25. The smallest absolute Gasteiger partial charge is 0.138 e. The molecule has 2 heteroatoms. The Morgan fingerprint density at radius 1 is 1.33 bits per heavy atom. The summed E-state index contributed by atoms with van der Waals surface area (Å²) in [5.74, 6) is 0.298. The summed E-state index contributed by atoms with van der Waals surface area (Å²) in [6, 6.07) is 8.11. The first-order valence-electron chi connectivity index (χ1n) is 5.33. The molecule has 0 aromatic heterocycles. The highest BCUT2D eigenvalue weighted by Gasteiger charge is 2.34. The molecule has 1 aromatic rings. The lowest BCUT2D eigenvalue weighted by atomic mass is 9.85. The van der Waals surface area contributed by atoms with Crippen LogP contribution in [0.4, 0.5) is 0 Å². The van der Waals surface area contributed by atoms with Gasteiger partial charge in [0.2, 0.25) is 0 Å². The van der Waals surface area contributed by atoms with Crippen LogP contribution in [0.2, 0.25) is 0 Å². The summed E-state index contributed by atoms with van der Waals surface area (Å²) in [6.45, 7) is 4.61. The van der Waals surface area contributed by atoms with Crippen molar-refractivity contribution in [2.75, 3.05) is 6.61 Å². The van der Waals surface area contributed by atoms with Crippen molar-refractivity contribution in [1.29, 1.82) is 0 Å². The van der Waals surface area contributed by atoms with E-state index >= 15 is 0 Å². The van der Waals surface area contributed by atoms with Crippen molar-refractivity contribution in [3.63, 3.8) is 0 Å². The van der Waals surface area contributed by atoms with Crippen LogP contribution in [0.5, 0.6) is 0 Å². The number of ketones is 1. The first-order chi connectivity index (χ1) is 7.12. The van der Waals surface area contributed by atoms with Gasteiger partial charge >= 0.3 is 0 Å². The lowest BCUT2D eigenvalue weighted by Gasteiger charge is -2.34. The summed E-state index contributed by atoms with van der Waals surface area (Å²) in [5, 5.41) is 0. The summed E-state index contributed by atoms with van der Waals surface area (Å²) in [7, 11) is 0. The largest absolute Gasteiger partial charge is 0.370 e. The lowest BCUT2D eigenvalue weighted by molar-refractivity contribution is -0.138. The highest BCUT2D eigenvalue weighted by Crippen LogP contribution is 2.34. The molecule has 2 nitrogen and oxygen atoms in total. The van der Waals surface area contributed by atoms with Crippen LogP contribution < -0.4 is 0 Å². The van der Waals surface area contributed by atoms with Gasteiger partial charge in [0.25, 0.3) is 0 Å². The van der Waals surface area contributed by atoms with Crippen molar-refractivity contribution < 1.29 is 9.53 Å². The van der Waals surface area contributed by atoms with Gasteiger partial charge in [-0.25, -0.2) is 0 Å². The third-order valence-electron chi connectivity index (χ3n) is 3.05. The molecule has 1 heterocycles. The van der Waals surface area contributed by atoms with Crippen molar-refractivity contribution >= 4 is 5.78 Å². The molecular weight excluding hydrogens is 188 g/mol. The minimum absolute atomic E-state index is 0.298. The predicted octanol–water partition coefficient (Wildman–Crippen LogP) is 2.59. The van der Waals surface area contributed by atoms with Gasteiger partial charge in [0.05, 0.1) is 12.2 Å². The maximum absolute atomic E-state index is 11.5. The summed E-state index contributed by atoms with van der Waals surface area (Å²) >= 11 is 0. The molecule has 1 saturated heterocycles. The molecule has 1 aromatic carbocycles. The summed E-state index contributed by atoms with van der Waals surface area (Å²) < 4.78 is 5.78. The number of rotatable bonds is 1. The van der Waals surface area contributed by atoms with Crippen LogP contribution in [-0.4, -0.2) is 12.4 Å². The molecular formula is C13H16O2. The topological polar surface area (TPSA) is 26.3 Å². The molecule has 0 spiro atoms. The molecule has 1 unspecified atom stereocenters. The fourth-order valence-corrected chi connectivity index (χ4v) is 2.25. The highest BCUT2D eigenvalue weighted by atomic mass is 16.5. The van der Waals surface area contributed by atoms with Crippen LogP contribution in [0, 0.1) is 6.92 Å². The second-order valence-corrected chi connectivity index (χ2v) is 4.36. The number of carbonyl (C=O) groups excluding carboxylic acids is 1. The number of carbonyl (C=O) groups is 1. The van der Waals surface area contributed by atoms with Crippen LogP contribution >= 0.6 is 0 Å². The average Bonchev–Trinajstić information content (AvgIpc) is 2.17. The van der Waals surface area contributed by atoms with E-state index in [-0.39, 0.29) is 0 Å². The number of hydrogen-bond donors (Lipinski definition) is 0. The van der Waals surface area contributed by atoms with Crippen LogP contribution in [0.1, 0.15) is 30.9 Å². The Kier molecular flexibility index (Phi) is 2.61. The summed E-state index contributed by atoms with van der Waals surface area (Å²) in [4.78, 5) is 11.5. The van der Waals surface area contributed by atoms with Crippen molar-refractivity contribution in [1.82, 2.24) is 0 Å². The molecule has 80 valence electrons. The zero-order valence-electron chi connectivity index (χ0n) is 9.25. The normalized spacial score (nSPS) is 26.7. The molecule has 2 rings (SSSR count). The van der Waals surface area contributed by atoms with Gasteiger partial charge in [-0.05, 0) is 25.0 Å². The Morgan fingerprint density at radius 2 is 2.07 bits per heavy atom. The van der Waals surface area contributed by atoms with Crippen molar-refractivity contribution in [3.8, 4) is 0 Å². The van der Waals surface area contributed by atoms with Gasteiger partial charge in [-0.3, -0.25) is 4.79 Å². The van der Waals surface area contributed by atoms with E-state index in [1.165, 1.54) is 5.56 Å². The Bertz CT molecular complexity index is 384. The first-order valence-corrected chi connectivity index (χ1v) is 5.33. The number of aryl methyl sites for hydroxylation is 1. The quantitative estimate of drug-likeness (QED) is 0.702. The molecule has 15 heavy (non-hydrogen) atoms. The first kappa shape index (κ1) is 10.4. The van der Waals surface area contributed by atoms with E-state index in [9.17, 15) is 4.79 Å². The Labute approximate surface area is 90.3 Å². The minimum atomic E-state index is -0.416.